The Hall–Kier alpha value is -2.59. The van der Waals surface area contributed by atoms with Crippen molar-refractivity contribution in [1.29, 1.82) is 0 Å². The SMILES string of the molecule is Cc1noc(C)c1S(=O)(=O)N1CCC(c2noc(-c3ccncc3)n2)C1. The molecule has 0 aliphatic carbocycles. The van der Waals surface area contributed by atoms with Crippen LogP contribution in [0.25, 0.3) is 11.5 Å². The Bertz CT molecular complexity index is 1010. The van der Waals surface area contributed by atoms with Crippen LogP contribution in [0, 0.1) is 13.8 Å². The standard InChI is InChI=1S/C16H17N5O4S/c1-10-14(11(2)24-19-10)26(22,23)21-8-5-13(9-21)15-18-16(25-20-15)12-3-6-17-7-4-12/h3-4,6-7,13H,5,8-9H2,1-2H3. The molecular formula is C16H17N5O4S. The van der Waals surface area contributed by atoms with Crippen LogP contribution in [0.15, 0.2) is 38.5 Å². The summed E-state index contributed by atoms with van der Waals surface area (Å²) in [6.07, 6.45) is 3.91. The fraction of sp³-hybridized carbons (Fsp3) is 0.375. The zero-order valence-corrected chi connectivity index (χ0v) is 15.1. The van der Waals surface area contributed by atoms with E-state index in [2.05, 4.69) is 20.3 Å². The molecule has 4 rings (SSSR count). The summed E-state index contributed by atoms with van der Waals surface area (Å²) in [6.45, 7) is 3.90. The smallest absolute Gasteiger partial charge is 0.258 e. The molecule has 3 aromatic heterocycles. The Morgan fingerprint density at radius 1 is 1.15 bits per heavy atom. The van der Waals surface area contributed by atoms with Crippen LogP contribution in [0.5, 0.6) is 0 Å². The molecule has 10 heteroatoms. The van der Waals surface area contributed by atoms with E-state index in [4.69, 9.17) is 9.05 Å². The number of hydrogen-bond acceptors (Lipinski definition) is 8. The molecule has 4 heterocycles. The molecule has 1 fully saturated rings. The van der Waals surface area contributed by atoms with Gasteiger partial charge >= 0.3 is 0 Å². The van der Waals surface area contributed by atoms with Gasteiger partial charge < -0.3 is 9.05 Å². The van der Waals surface area contributed by atoms with E-state index >= 15 is 0 Å². The Morgan fingerprint density at radius 3 is 2.62 bits per heavy atom. The number of aromatic nitrogens is 4. The van der Waals surface area contributed by atoms with Gasteiger partial charge in [0.05, 0.1) is 0 Å². The third kappa shape index (κ3) is 2.80. The number of rotatable bonds is 4. The van der Waals surface area contributed by atoms with Crippen LogP contribution in [0.1, 0.15) is 29.6 Å². The lowest BCUT2D eigenvalue weighted by molar-refractivity contribution is 0.389. The van der Waals surface area contributed by atoms with Crippen molar-refractivity contribution in [3.8, 4) is 11.5 Å². The van der Waals surface area contributed by atoms with Gasteiger partial charge in [-0.2, -0.15) is 9.29 Å². The summed E-state index contributed by atoms with van der Waals surface area (Å²) in [6, 6.07) is 3.56. The molecule has 26 heavy (non-hydrogen) atoms. The first-order valence-electron chi connectivity index (χ1n) is 8.14. The lowest BCUT2D eigenvalue weighted by Gasteiger charge is -2.15. The summed E-state index contributed by atoms with van der Waals surface area (Å²) < 4.78 is 37.5. The molecular weight excluding hydrogens is 358 g/mol. The molecule has 0 aromatic carbocycles. The molecule has 136 valence electrons. The van der Waals surface area contributed by atoms with E-state index in [-0.39, 0.29) is 10.8 Å². The highest BCUT2D eigenvalue weighted by molar-refractivity contribution is 7.89. The average molecular weight is 375 g/mol. The molecule has 1 aliphatic heterocycles. The van der Waals surface area contributed by atoms with E-state index in [0.29, 0.717) is 42.7 Å². The maximum absolute atomic E-state index is 12.9. The van der Waals surface area contributed by atoms with Crippen LogP contribution in [-0.4, -0.2) is 46.1 Å². The summed E-state index contributed by atoms with van der Waals surface area (Å²) in [7, 11) is -3.66. The molecule has 1 atom stereocenters. The molecule has 0 amide bonds. The van der Waals surface area contributed by atoms with Crippen molar-refractivity contribution in [3.63, 3.8) is 0 Å². The summed E-state index contributed by atoms with van der Waals surface area (Å²) in [5.74, 6) is 1.08. The Balaban J connectivity index is 1.55. The van der Waals surface area contributed by atoms with E-state index < -0.39 is 10.0 Å². The quantitative estimate of drug-likeness (QED) is 0.679. The van der Waals surface area contributed by atoms with E-state index in [9.17, 15) is 8.42 Å². The van der Waals surface area contributed by atoms with Gasteiger partial charge in [0.2, 0.25) is 10.0 Å². The van der Waals surface area contributed by atoms with Crippen molar-refractivity contribution < 1.29 is 17.5 Å². The zero-order chi connectivity index (χ0) is 18.3. The van der Waals surface area contributed by atoms with E-state index in [1.807, 2.05) is 0 Å². The molecule has 0 N–H and O–H groups in total. The fourth-order valence-corrected chi connectivity index (χ4v) is 4.93. The van der Waals surface area contributed by atoms with Gasteiger partial charge in [-0.1, -0.05) is 10.3 Å². The first kappa shape index (κ1) is 16.9. The maximum Gasteiger partial charge on any atom is 0.258 e. The van der Waals surface area contributed by atoms with Gasteiger partial charge in [-0.15, -0.1) is 0 Å². The van der Waals surface area contributed by atoms with Crippen LogP contribution in [-0.2, 0) is 10.0 Å². The van der Waals surface area contributed by atoms with E-state index in [1.54, 1.807) is 38.4 Å². The maximum atomic E-state index is 12.9. The minimum absolute atomic E-state index is 0.121. The average Bonchev–Trinajstić information content (AvgIpc) is 3.35. The lowest BCUT2D eigenvalue weighted by atomic mass is 10.1. The van der Waals surface area contributed by atoms with Crippen molar-refractivity contribution in [1.82, 2.24) is 24.6 Å². The largest absolute Gasteiger partial charge is 0.360 e. The van der Waals surface area contributed by atoms with Crippen molar-refractivity contribution in [3.05, 3.63) is 41.8 Å². The second-order valence-electron chi connectivity index (χ2n) is 6.20. The van der Waals surface area contributed by atoms with Gasteiger partial charge in [0.25, 0.3) is 5.89 Å². The van der Waals surface area contributed by atoms with Gasteiger partial charge in [0.15, 0.2) is 11.6 Å². The normalized spacial score (nSPS) is 18.5. The highest BCUT2D eigenvalue weighted by Gasteiger charge is 2.38. The predicted octanol–water partition coefficient (Wildman–Crippen LogP) is 1.91. The monoisotopic (exact) mass is 375 g/mol. The van der Waals surface area contributed by atoms with Gasteiger partial charge in [0.1, 0.15) is 10.6 Å². The third-order valence-electron chi connectivity index (χ3n) is 4.45. The third-order valence-corrected chi connectivity index (χ3v) is 6.56. The molecule has 1 unspecified atom stereocenters. The summed E-state index contributed by atoms with van der Waals surface area (Å²) in [5.41, 5.74) is 1.14. The number of aryl methyl sites for hydroxylation is 2. The lowest BCUT2D eigenvalue weighted by Crippen LogP contribution is -2.29. The predicted molar refractivity (Wildman–Crippen MR) is 89.6 cm³/mol. The topological polar surface area (TPSA) is 115 Å². The second kappa shape index (κ2) is 6.29. The number of sulfonamides is 1. The fourth-order valence-electron chi connectivity index (χ4n) is 3.14. The number of nitrogens with zero attached hydrogens (tertiary/aromatic N) is 5. The van der Waals surface area contributed by atoms with Crippen LogP contribution in [0.4, 0.5) is 0 Å². The molecule has 0 spiro atoms. The Kier molecular flexibility index (Phi) is 4.08. The molecule has 3 aromatic rings. The summed E-state index contributed by atoms with van der Waals surface area (Å²) >= 11 is 0. The number of hydrogen-bond donors (Lipinski definition) is 0. The van der Waals surface area contributed by atoms with Crippen LogP contribution in [0.3, 0.4) is 0 Å². The van der Waals surface area contributed by atoms with Gasteiger partial charge in [0, 0.05) is 37.0 Å². The van der Waals surface area contributed by atoms with Crippen molar-refractivity contribution in [2.45, 2.75) is 31.1 Å². The molecule has 9 nitrogen and oxygen atoms in total. The van der Waals surface area contributed by atoms with Gasteiger partial charge in [-0.05, 0) is 32.4 Å². The minimum atomic E-state index is -3.66. The highest BCUT2D eigenvalue weighted by atomic mass is 32.2. The number of pyridine rings is 1. The summed E-state index contributed by atoms with van der Waals surface area (Å²) in [5, 5.41) is 7.77. The second-order valence-corrected chi connectivity index (χ2v) is 8.07. The van der Waals surface area contributed by atoms with Crippen LogP contribution in [0.2, 0.25) is 0 Å². The van der Waals surface area contributed by atoms with Crippen LogP contribution >= 0.6 is 0 Å². The molecule has 0 radical (unpaired) electrons. The van der Waals surface area contributed by atoms with Crippen LogP contribution < -0.4 is 0 Å². The van der Waals surface area contributed by atoms with E-state index in [0.717, 1.165) is 5.56 Å². The van der Waals surface area contributed by atoms with E-state index in [1.165, 1.54) is 4.31 Å². The van der Waals surface area contributed by atoms with Gasteiger partial charge in [-0.25, -0.2) is 8.42 Å². The molecule has 1 aliphatic rings. The summed E-state index contributed by atoms with van der Waals surface area (Å²) in [4.78, 5) is 8.52. The highest BCUT2D eigenvalue weighted by Crippen LogP contribution is 2.32. The Morgan fingerprint density at radius 2 is 1.92 bits per heavy atom. The van der Waals surface area contributed by atoms with Gasteiger partial charge in [-0.3, -0.25) is 4.98 Å². The first-order valence-corrected chi connectivity index (χ1v) is 9.58. The Labute approximate surface area is 150 Å². The van der Waals surface area contributed by atoms with Crippen molar-refractivity contribution >= 4 is 10.0 Å². The molecule has 1 saturated heterocycles. The first-order chi connectivity index (χ1) is 12.5. The molecule has 0 bridgehead atoms. The van der Waals surface area contributed by atoms with Crippen molar-refractivity contribution in [2.24, 2.45) is 0 Å². The zero-order valence-electron chi connectivity index (χ0n) is 14.3. The van der Waals surface area contributed by atoms with Crippen molar-refractivity contribution in [2.75, 3.05) is 13.1 Å². The minimum Gasteiger partial charge on any atom is -0.360 e. The molecule has 0 saturated carbocycles.